The zero-order chi connectivity index (χ0) is 13.0. The summed E-state index contributed by atoms with van der Waals surface area (Å²) in [6.07, 6.45) is 5.44. The van der Waals surface area contributed by atoms with Gasteiger partial charge < -0.3 is 4.74 Å². The Hall–Kier alpha value is -0.830. The monoisotopic (exact) mass is 310 g/mol. The van der Waals surface area contributed by atoms with Crippen LogP contribution < -0.4 is 4.74 Å². The zero-order valence-corrected chi connectivity index (χ0v) is 12.4. The molecule has 1 aromatic rings. The molecule has 98 valence electrons. The second-order valence-corrected chi connectivity index (χ2v) is 5.74. The van der Waals surface area contributed by atoms with Crippen molar-refractivity contribution < 1.29 is 9.53 Å². The molecule has 0 N–H and O–H groups in total. The molecule has 2 nitrogen and oxygen atoms in total. The maximum Gasteiger partial charge on any atom is 0.137 e. The summed E-state index contributed by atoms with van der Waals surface area (Å²) in [5.41, 5.74) is 2.26. The van der Waals surface area contributed by atoms with Crippen LogP contribution >= 0.6 is 15.9 Å². The molecule has 0 saturated heterocycles. The van der Waals surface area contributed by atoms with E-state index in [0.717, 1.165) is 48.1 Å². The number of benzene rings is 1. The van der Waals surface area contributed by atoms with E-state index in [0.29, 0.717) is 18.6 Å². The van der Waals surface area contributed by atoms with Gasteiger partial charge in [0.05, 0.1) is 6.61 Å². The van der Waals surface area contributed by atoms with Crippen LogP contribution in [0.5, 0.6) is 5.75 Å². The number of unbranched alkanes of at least 4 members (excludes halogenated alkanes) is 2. The van der Waals surface area contributed by atoms with Crippen molar-refractivity contribution in [3.63, 3.8) is 0 Å². The summed E-state index contributed by atoms with van der Waals surface area (Å²) in [4.78, 5) is 11.9. The average molecular weight is 311 g/mol. The van der Waals surface area contributed by atoms with Gasteiger partial charge in [-0.25, -0.2) is 0 Å². The second-order valence-electron chi connectivity index (χ2n) is 4.82. The number of rotatable bonds is 6. The van der Waals surface area contributed by atoms with Crippen LogP contribution in [0, 0.1) is 0 Å². The molecule has 3 heteroatoms. The normalized spacial score (nSPS) is 13.2. The van der Waals surface area contributed by atoms with Crippen molar-refractivity contribution in [1.82, 2.24) is 0 Å². The lowest BCUT2D eigenvalue weighted by atomic mass is 10.0. The minimum Gasteiger partial charge on any atom is -0.493 e. The Morgan fingerprint density at radius 3 is 3.00 bits per heavy atom. The molecule has 0 atom stereocenters. The fourth-order valence-corrected chi connectivity index (χ4v) is 2.90. The van der Waals surface area contributed by atoms with Crippen LogP contribution in [0.2, 0.25) is 0 Å². The predicted octanol–water partition coefficient (Wildman–Crippen LogP) is 4.08. The number of Topliss-reactive ketones (excluding diaryl/α,β-unsaturated/α-hetero) is 1. The Labute approximate surface area is 117 Å². The molecular weight excluding hydrogens is 292 g/mol. The van der Waals surface area contributed by atoms with Crippen LogP contribution in [-0.2, 0) is 17.6 Å². The van der Waals surface area contributed by atoms with Crippen molar-refractivity contribution in [1.29, 1.82) is 0 Å². The number of hydrogen-bond acceptors (Lipinski definition) is 2. The Morgan fingerprint density at radius 2 is 2.22 bits per heavy atom. The number of carbonyl (C=O) groups excluding carboxylic acids is 1. The Kier molecular flexibility index (Phi) is 4.81. The maximum absolute atomic E-state index is 11.9. The third-order valence-electron chi connectivity index (χ3n) is 3.27. The van der Waals surface area contributed by atoms with E-state index in [2.05, 4.69) is 28.9 Å². The van der Waals surface area contributed by atoms with Gasteiger partial charge in [0, 0.05) is 29.3 Å². The van der Waals surface area contributed by atoms with E-state index in [9.17, 15) is 4.79 Å². The molecule has 0 spiro atoms. The number of hydrogen-bond donors (Lipinski definition) is 0. The minimum absolute atomic E-state index is 0.319. The molecule has 18 heavy (non-hydrogen) atoms. The largest absolute Gasteiger partial charge is 0.493 e. The first-order chi connectivity index (χ1) is 8.70. The van der Waals surface area contributed by atoms with E-state index in [1.54, 1.807) is 0 Å². The Balaban J connectivity index is 2.03. The smallest absolute Gasteiger partial charge is 0.137 e. The SMILES string of the molecule is CCCCCC(=O)Cc1cc(Br)cc2c1OCC2. The van der Waals surface area contributed by atoms with E-state index in [-0.39, 0.29) is 0 Å². The summed E-state index contributed by atoms with van der Waals surface area (Å²) in [5.74, 6) is 1.27. The highest BCUT2D eigenvalue weighted by Gasteiger charge is 2.18. The molecule has 0 radical (unpaired) electrons. The molecule has 1 aromatic carbocycles. The van der Waals surface area contributed by atoms with Gasteiger partial charge in [-0.2, -0.15) is 0 Å². The first kappa shape index (κ1) is 13.6. The summed E-state index contributed by atoms with van der Waals surface area (Å²) < 4.78 is 6.68. The molecule has 0 unspecified atom stereocenters. The third kappa shape index (κ3) is 3.35. The topological polar surface area (TPSA) is 26.3 Å². The highest BCUT2D eigenvalue weighted by Crippen LogP contribution is 2.33. The van der Waals surface area contributed by atoms with Crippen LogP contribution in [0.4, 0.5) is 0 Å². The number of fused-ring (bicyclic) bond motifs is 1. The molecule has 0 aromatic heterocycles. The molecular formula is C15H19BrO2. The summed E-state index contributed by atoms with van der Waals surface area (Å²) in [6, 6.07) is 4.11. The van der Waals surface area contributed by atoms with Crippen LogP contribution in [0.15, 0.2) is 16.6 Å². The van der Waals surface area contributed by atoms with Gasteiger partial charge in [-0.3, -0.25) is 4.79 Å². The number of halogens is 1. The van der Waals surface area contributed by atoms with Crippen molar-refractivity contribution in [2.45, 2.75) is 45.4 Å². The average Bonchev–Trinajstić information content (AvgIpc) is 2.77. The summed E-state index contributed by atoms with van der Waals surface area (Å²) in [7, 11) is 0. The first-order valence-electron chi connectivity index (χ1n) is 6.66. The van der Waals surface area contributed by atoms with E-state index < -0.39 is 0 Å². The van der Waals surface area contributed by atoms with Gasteiger partial charge in [-0.15, -0.1) is 0 Å². The maximum atomic E-state index is 11.9. The lowest BCUT2D eigenvalue weighted by molar-refractivity contribution is -0.118. The third-order valence-corrected chi connectivity index (χ3v) is 3.73. The molecule has 2 rings (SSSR count). The molecule has 0 aliphatic carbocycles. The molecule has 0 saturated carbocycles. The van der Waals surface area contributed by atoms with Crippen molar-refractivity contribution >= 4 is 21.7 Å². The zero-order valence-electron chi connectivity index (χ0n) is 10.8. The molecule has 0 fully saturated rings. The van der Waals surface area contributed by atoms with Crippen molar-refractivity contribution in [3.05, 3.63) is 27.7 Å². The van der Waals surface area contributed by atoms with Crippen LogP contribution in [-0.4, -0.2) is 12.4 Å². The lowest BCUT2D eigenvalue weighted by Gasteiger charge is -2.08. The van der Waals surface area contributed by atoms with Crippen molar-refractivity contribution in [2.24, 2.45) is 0 Å². The minimum atomic E-state index is 0.319. The number of ketones is 1. The van der Waals surface area contributed by atoms with E-state index >= 15 is 0 Å². The molecule has 1 aliphatic rings. The van der Waals surface area contributed by atoms with Gasteiger partial charge in [0.1, 0.15) is 11.5 Å². The second kappa shape index (κ2) is 6.37. The highest BCUT2D eigenvalue weighted by molar-refractivity contribution is 9.10. The molecule has 0 bridgehead atoms. The van der Waals surface area contributed by atoms with Gasteiger partial charge in [0.25, 0.3) is 0 Å². The Morgan fingerprint density at radius 1 is 1.39 bits per heavy atom. The predicted molar refractivity (Wildman–Crippen MR) is 76.2 cm³/mol. The van der Waals surface area contributed by atoms with Crippen LogP contribution in [0.3, 0.4) is 0 Å². The highest BCUT2D eigenvalue weighted by atomic mass is 79.9. The van der Waals surface area contributed by atoms with E-state index in [4.69, 9.17) is 4.74 Å². The fraction of sp³-hybridized carbons (Fsp3) is 0.533. The first-order valence-corrected chi connectivity index (χ1v) is 7.45. The molecule has 1 heterocycles. The van der Waals surface area contributed by atoms with E-state index in [1.807, 2.05) is 6.07 Å². The summed E-state index contributed by atoms with van der Waals surface area (Å²) in [6.45, 7) is 2.89. The van der Waals surface area contributed by atoms with Gasteiger partial charge in [0.15, 0.2) is 0 Å². The number of carbonyl (C=O) groups is 1. The fourth-order valence-electron chi connectivity index (χ4n) is 2.35. The van der Waals surface area contributed by atoms with E-state index in [1.165, 1.54) is 5.56 Å². The Bertz CT molecular complexity index is 440. The van der Waals surface area contributed by atoms with Crippen molar-refractivity contribution in [3.8, 4) is 5.75 Å². The molecule has 0 amide bonds. The van der Waals surface area contributed by atoms with Gasteiger partial charge in [-0.1, -0.05) is 35.7 Å². The number of ether oxygens (including phenoxy) is 1. The van der Waals surface area contributed by atoms with Gasteiger partial charge in [0.2, 0.25) is 0 Å². The molecule has 1 aliphatic heterocycles. The van der Waals surface area contributed by atoms with Crippen molar-refractivity contribution in [2.75, 3.05) is 6.61 Å². The quantitative estimate of drug-likeness (QED) is 0.740. The van der Waals surface area contributed by atoms with Crippen LogP contribution in [0.1, 0.15) is 43.7 Å². The standard InChI is InChI=1S/C15H19BrO2/c1-2-3-4-5-14(17)10-12-9-13(16)8-11-6-7-18-15(11)12/h8-9H,2-7,10H2,1H3. The summed E-state index contributed by atoms with van der Waals surface area (Å²) in [5, 5.41) is 0. The van der Waals surface area contributed by atoms with Gasteiger partial charge in [-0.05, 0) is 24.1 Å². The summed E-state index contributed by atoms with van der Waals surface area (Å²) >= 11 is 3.50. The van der Waals surface area contributed by atoms with Crippen LogP contribution in [0.25, 0.3) is 0 Å². The lowest BCUT2D eigenvalue weighted by Crippen LogP contribution is -2.04. The van der Waals surface area contributed by atoms with Gasteiger partial charge >= 0.3 is 0 Å².